The molecular weight excluding hydrogens is 285 g/mol. The third-order valence-electron chi connectivity index (χ3n) is 4.20. The molecule has 4 rings (SSSR count). The van der Waals surface area contributed by atoms with Crippen LogP contribution >= 0.6 is 0 Å². The lowest BCUT2D eigenvalue weighted by Gasteiger charge is -2.27. The number of likely N-dealkylation sites (N-methyl/N-ethyl adjacent to an activating group) is 1. The Morgan fingerprint density at radius 3 is 3.09 bits per heavy atom. The van der Waals surface area contributed by atoms with Crippen LogP contribution < -0.4 is 10.7 Å². The molecule has 1 aromatic carbocycles. The average Bonchev–Trinajstić information content (AvgIpc) is 2.79. The quantitative estimate of drug-likeness (QED) is 0.785. The van der Waals surface area contributed by atoms with Gasteiger partial charge in [0.25, 0.3) is 5.91 Å². The summed E-state index contributed by atoms with van der Waals surface area (Å²) in [5.41, 5.74) is 6.28. The molecule has 0 unspecified atom stereocenters. The van der Waals surface area contributed by atoms with E-state index in [1.807, 2.05) is 7.05 Å². The standard InChI is InChI=1S/C15H16FN5O/c1-17-2-3-21-6-11-14-12(7-21)19-20-15(22)9-4-8(16)5-10(18-11)13(9)14/h4-5,17-18H,2-3,6-7H2,1H3,(H,20,22). The predicted octanol–water partition coefficient (Wildman–Crippen LogP) is 0.789. The van der Waals surface area contributed by atoms with Crippen LogP contribution in [0.25, 0.3) is 10.9 Å². The molecule has 3 heterocycles. The zero-order chi connectivity index (χ0) is 15.3. The number of hydrazone groups is 1. The second kappa shape index (κ2) is 4.89. The molecule has 0 atom stereocenters. The van der Waals surface area contributed by atoms with Gasteiger partial charge in [-0.3, -0.25) is 9.69 Å². The van der Waals surface area contributed by atoms with Crippen LogP contribution in [0.1, 0.15) is 21.6 Å². The lowest BCUT2D eigenvalue weighted by atomic mass is 9.98. The summed E-state index contributed by atoms with van der Waals surface area (Å²) in [4.78, 5) is 17.7. The van der Waals surface area contributed by atoms with Crippen LogP contribution in [0.5, 0.6) is 0 Å². The maximum Gasteiger partial charge on any atom is 0.272 e. The van der Waals surface area contributed by atoms with Gasteiger partial charge in [0.15, 0.2) is 0 Å². The molecule has 2 aliphatic rings. The molecular formula is C15H16FN5O. The largest absolute Gasteiger partial charge is 0.357 e. The fourth-order valence-corrected chi connectivity index (χ4v) is 3.23. The molecule has 6 nitrogen and oxygen atoms in total. The van der Waals surface area contributed by atoms with Gasteiger partial charge in [0.1, 0.15) is 5.82 Å². The van der Waals surface area contributed by atoms with Crippen LogP contribution in [-0.4, -0.2) is 48.2 Å². The van der Waals surface area contributed by atoms with Gasteiger partial charge in [-0.2, -0.15) is 5.10 Å². The van der Waals surface area contributed by atoms with Crippen LogP contribution in [0.3, 0.4) is 0 Å². The van der Waals surface area contributed by atoms with Gasteiger partial charge in [0, 0.05) is 42.8 Å². The van der Waals surface area contributed by atoms with E-state index in [9.17, 15) is 9.18 Å². The first kappa shape index (κ1) is 13.4. The lowest BCUT2D eigenvalue weighted by Crippen LogP contribution is -2.39. The van der Waals surface area contributed by atoms with E-state index in [0.717, 1.165) is 42.0 Å². The molecule has 0 bridgehead atoms. The molecule has 0 radical (unpaired) electrons. The van der Waals surface area contributed by atoms with E-state index < -0.39 is 5.82 Å². The van der Waals surface area contributed by atoms with Crippen molar-refractivity contribution in [1.29, 1.82) is 0 Å². The number of nitrogens with zero attached hydrogens (tertiary/aromatic N) is 2. The molecule has 1 aromatic heterocycles. The van der Waals surface area contributed by atoms with Crippen LogP contribution in [-0.2, 0) is 6.54 Å². The number of amides is 1. The Balaban J connectivity index is 1.90. The summed E-state index contributed by atoms with van der Waals surface area (Å²) in [5.74, 6) is -0.790. The molecule has 3 N–H and O–H groups in total. The summed E-state index contributed by atoms with van der Waals surface area (Å²) < 4.78 is 13.8. The van der Waals surface area contributed by atoms with Crippen molar-refractivity contribution < 1.29 is 9.18 Å². The zero-order valence-electron chi connectivity index (χ0n) is 12.2. The van der Waals surface area contributed by atoms with Gasteiger partial charge in [-0.05, 0) is 19.2 Å². The second-order valence-electron chi connectivity index (χ2n) is 5.67. The fraction of sp³-hybridized carbons (Fsp3) is 0.333. The van der Waals surface area contributed by atoms with Crippen molar-refractivity contribution in [2.75, 3.05) is 26.7 Å². The topological polar surface area (TPSA) is 72.5 Å². The lowest BCUT2D eigenvalue weighted by molar-refractivity contribution is 0.0956. The van der Waals surface area contributed by atoms with Gasteiger partial charge in [0.2, 0.25) is 0 Å². The number of H-pyrrole nitrogens is 1. The van der Waals surface area contributed by atoms with Crippen molar-refractivity contribution >= 4 is 22.5 Å². The van der Waals surface area contributed by atoms with Crippen LogP contribution in [0.4, 0.5) is 4.39 Å². The summed E-state index contributed by atoms with van der Waals surface area (Å²) >= 11 is 0. The van der Waals surface area contributed by atoms with Crippen molar-refractivity contribution in [1.82, 2.24) is 20.6 Å². The van der Waals surface area contributed by atoms with Gasteiger partial charge < -0.3 is 10.3 Å². The summed E-state index contributed by atoms with van der Waals surface area (Å²) in [6.07, 6.45) is 0. The van der Waals surface area contributed by atoms with Gasteiger partial charge >= 0.3 is 0 Å². The smallest absolute Gasteiger partial charge is 0.272 e. The summed E-state index contributed by atoms with van der Waals surface area (Å²) in [5, 5.41) is 8.15. The second-order valence-corrected chi connectivity index (χ2v) is 5.67. The van der Waals surface area contributed by atoms with Gasteiger partial charge in [-0.25, -0.2) is 9.82 Å². The Morgan fingerprint density at radius 2 is 2.27 bits per heavy atom. The minimum Gasteiger partial charge on any atom is -0.357 e. The first-order valence-electron chi connectivity index (χ1n) is 7.25. The van der Waals surface area contributed by atoms with Crippen molar-refractivity contribution in [3.8, 4) is 0 Å². The van der Waals surface area contributed by atoms with Gasteiger partial charge in [-0.15, -0.1) is 0 Å². The predicted molar refractivity (Wildman–Crippen MR) is 81.5 cm³/mol. The van der Waals surface area contributed by atoms with E-state index in [1.54, 1.807) is 0 Å². The molecule has 2 aliphatic heterocycles. The Kier molecular flexibility index (Phi) is 2.98. The number of nitrogens with one attached hydrogen (secondary N) is 3. The Hall–Kier alpha value is -2.25. The number of carbonyl (C=O) groups excluding carboxylic acids is 1. The maximum atomic E-state index is 13.8. The van der Waals surface area contributed by atoms with Crippen molar-refractivity contribution in [2.24, 2.45) is 5.10 Å². The molecule has 0 aliphatic carbocycles. The number of rotatable bonds is 3. The van der Waals surface area contributed by atoms with Crippen molar-refractivity contribution in [3.05, 3.63) is 34.8 Å². The molecule has 0 saturated carbocycles. The van der Waals surface area contributed by atoms with E-state index in [-0.39, 0.29) is 5.91 Å². The highest BCUT2D eigenvalue weighted by Gasteiger charge is 2.30. The van der Waals surface area contributed by atoms with Crippen LogP contribution in [0, 0.1) is 5.82 Å². The molecule has 0 spiro atoms. The number of halogens is 1. The number of aromatic amines is 1. The minimum atomic E-state index is -0.424. The normalized spacial score (nSPS) is 17.4. The molecule has 1 amide bonds. The molecule has 22 heavy (non-hydrogen) atoms. The summed E-state index contributed by atoms with van der Waals surface area (Å²) in [6.45, 7) is 3.15. The van der Waals surface area contributed by atoms with Crippen molar-refractivity contribution in [2.45, 2.75) is 6.54 Å². The van der Waals surface area contributed by atoms with Gasteiger partial charge in [0.05, 0.1) is 16.8 Å². The highest BCUT2D eigenvalue weighted by molar-refractivity contribution is 6.21. The summed E-state index contributed by atoms with van der Waals surface area (Å²) in [6, 6.07) is 2.71. The van der Waals surface area contributed by atoms with E-state index in [4.69, 9.17) is 0 Å². The summed E-state index contributed by atoms with van der Waals surface area (Å²) in [7, 11) is 1.91. The molecule has 0 saturated heterocycles. The monoisotopic (exact) mass is 301 g/mol. The number of hydrogen-bond donors (Lipinski definition) is 3. The number of aromatic nitrogens is 1. The Morgan fingerprint density at radius 1 is 1.41 bits per heavy atom. The SMILES string of the molecule is CNCCN1CC2=NNC(=O)c3cc(F)cc4[nH]c(c2c34)C1. The minimum absolute atomic E-state index is 0.343. The molecule has 114 valence electrons. The first-order chi connectivity index (χ1) is 10.7. The van der Waals surface area contributed by atoms with E-state index in [0.29, 0.717) is 17.6 Å². The van der Waals surface area contributed by atoms with Crippen LogP contribution in [0.15, 0.2) is 17.2 Å². The number of carbonyl (C=O) groups is 1. The van der Waals surface area contributed by atoms with E-state index in [1.165, 1.54) is 12.1 Å². The highest BCUT2D eigenvalue weighted by atomic mass is 19.1. The first-order valence-corrected chi connectivity index (χ1v) is 7.25. The maximum absolute atomic E-state index is 13.8. The Bertz CT molecular complexity index is 810. The molecule has 7 heteroatoms. The zero-order valence-corrected chi connectivity index (χ0v) is 12.2. The third-order valence-corrected chi connectivity index (χ3v) is 4.20. The highest BCUT2D eigenvalue weighted by Crippen LogP contribution is 2.32. The van der Waals surface area contributed by atoms with Crippen LogP contribution in [0.2, 0.25) is 0 Å². The Labute approximate surface area is 126 Å². The number of hydrogen-bond acceptors (Lipinski definition) is 4. The molecule has 0 fully saturated rings. The van der Waals surface area contributed by atoms with E-state index >= 15 is 0 Å². The third kappa shape index (κ3) is 1.93. The average molecular weight is 301 g/mol. The van der Waals surface area contributed by atoms with Gasteiger partial charge in [-0.1, -0.05) is 0 Å². The molecule has 2 aromatic rings. The number of benzene rings is 1. The van der Waals surface area contributed by atoms with E-state index in [2.05, 4.69) is 25.7 Å². The fourth-order valence-electron chi connectivity index (χ4n) is 3.23. The van der Waals surface area contributed by atoms with Crippen molar-refractivity contribution in [3.63, 3.8) is 0 Å².